The number of alkyl halides is 3. The highest BCUT2D eigenvalue weighted by molar-refractivity contribution is 6.19. The maximum absolute atomic E-state index is 12.8. The number of carbonyl (C=O) groups excluding carboxylic acids is 2. The Hall–Kier alpha value is -2.63. The van der Waals surface area contributed by atoms with Crippen LogP contribution in [0.4, 0.5) is 18.9 Å². The van der Waals surface area contributed by atoms with Gasteiger partial charge in [-0.05, 0) is 23.8 Å². The second-order valence-electron chi connectivity index (χ2n) is 4.91. The van der Waals surface area contributed by atoms with Gasteiger partial charge in [-0.15, -0.1) is 0 Å². The van der Waals surface area contributed by atoms with Crippen LogP contribution in [0.1, 0.15) is 18.4 Å². The monoisotopic (exact) mass is 321 g/mol. The Labute approximate surface area is 131 Å². The van der Waals surface area contributed by atoms with Gasteiger partial charge in [-0.25, -0.2) is 0 Å². The van der Waals surface area contributed by atoms with Crippen LogP contribution in [0.15, 0.2) is 54.6 Å². The molecule has 6 heteroatoms. The van der Waals surface area contributed by atoms with E-state index in [0.717, 1.165) is 23.1 Å². The fourth-order valence-corrected chi connectivity index (χ4v) is 2.19. The van der Waals surface area contributed by atoms with Gasteiger partial charge in [0.2, 0.25) is 11.8 Å². The molecule has 1 heterocycles. The number of rotatable bonds is 4. The second-order valence-corrected chi connectivity index (χ2v) is 4.91. The minimum Gasteiger partial charge on any atom is -0.274 e. The number of nitrogens with zero attached hydrogens (tertiary/aromatic N) is 1. The van der Waals surface area contributed by atoms with E-state index in [4.69, 9.17) is 0 Å². The third kappa shape index (κ3) is 3.97. The number of allylic oxidation sites excluding steroid dienone is 4. The highest BCUT2D eigenvalue weighted by atomic mass is 19.4. The molecule has 2 rings (SSSR count). The van der Waals surface area contributed by atoms with E-state index in [-0.39, 0.29) is 24.7 Å². The molecule has 1 fully saturated rings. The molecule has 2 amide bonds. The third-order valence-electron chi connectivity index (χ3n) is 3.26. The molecule has 0 N–H and O–H groups in total. The van der Waals surface area contributed by atoms with Crippen LogP contribution in [0.3, 0.4) is 0 Å². The van der Waals surface area contributed by atoms with Crippen LogP contribution < -0.4 is 4.90 Å². The first-order valence-electron chi connectivity index (χ1n) is 6.87. The summed E-state index contributed by atoms with van der Waals surface area (Å²) in [6.07, 6.45) is -0.0492. The maximum Gasteiger partial charge on any atom is 0.416 e. The summed E-state index contributed by atoms with van der Waals surface area (Å²) in [5, 5.41) is 0. The van der Waals surface area contributed by atoms with Gasteiger partial charge in [0.05, 0.1) is 11.3 Å². The van der Waals surface area contributed by atoms with Gasteiger partial charge < -0.3 is 0 Å². The van der Waals surface area contributed by atoms with Crippen molar-refractivity contribution in [3.63, 3.8) is 0 Å². The lowest BCUT2D eigenvalue weighted by Gasteiger charge is -2.14. The summed E-state index contributed by atoms with van der Waals surface area (Å²) in [6.45, 7) is 3.26. The zero-order valence-electron chi connectivity index (χ0n) is 12.1. The average Bonchev–Trinajstić information content (AvgIpc) is 2.81. The molecule has 3 nitrogen and oxygen atoms in total. The summed E-state index contributed by atoms with van der Waals surface area (Å²) in [6, 6.07) is 6.24. The summed E-state index contributed by atoms with van der Waals surface area (Å²) < 4.78 is 38.3. The Bertz CT molecular complexity index is 686. The first-order chi connectivity index (χ1) is 10.8. The Kier molecular flexibility index (Phi) is 4.83. The molecule has 120 valence electrons. The molecule has 1 aliphatic rings. The molecule has 1 saturated heterocycles. The third-order valence-corrected chi connectivity index (χ3v) is 3.26. The fourth-order valence-electron chi connectivity index (χ4n) is 2.19. The summed E-state index contributed by atoms with van der Waals surface area (Å²) in [5.74, 6) is -0.614. The van der Waals surface area contributed by atoms with E-state index in [9.17, 15) is 22.8 Å². The number of anilines is 1. The smallest absolute Gasteiger partial charge is 0.274 e. The highest BCUT2D eigenvalue weighted by Gasteiger charge is 2.31. The number of benzene rings is 1. The van der Waals surface area contributed by atoms with Gasteiger partial charge in [-0.2, -0.15) is 13.2 Å². The van der Waals surface area contributed by atoms with Crippen molar-refractivity contribution >= 4 is 23.6 Å². The lowest BCUT2D eigenvalue weighted by molar-refractivity contribution is -0.121. The van der Waals surface area contributed by atoms with Crippen LogP contribution in [0, 0.1) is 0 Å². The lowest BCUT2D eigenvalue weighted by Crippen LogP contribution is -2.28. The van der Waals surface area contributed by atoms with Gasteiger partial charge in [0.15, 0.2) is 0 Å². The van der Waals surface area contributed by atoms with Crippen molar-refractivity contribution in [2.24, 2.45) is 0 Å². The van der Waals surface area contributed by atoms with E-state index in [2.05, 4.69) is 6.58 Å². The molecule has 0 atom stereocenters. The standard InChI is InChI=1S/C17H14F3NO2/c1-2-4-13(17(18,19)20)8-7-12-5-3-6-14(11-12)21-15(22)9-10-16(21)23/h2-8,11H,1,9-10H2/b8-7+,13-4+. The number of imide groups is 1. The summed E-state index contributed by atoms with van der Waals surface area (Å²) in [5.41, 5.74) is -0.0265. The number of hydrogen-bond acceptors (Lipinski definition) is 2. The molecule has 1 aliphatic heterocycles. The Morgan fingerprint density at radius 2 is 1.83 bits per heavy atom. The molecule has 0 spiro atoms. The molecule has 0 radical (unpaired) electrons. The Morgan fingerprint density at radius 3 is 2.39 bits per heavy atom. The van der Waals surface area contributed by atoms with Gasteiger partial charge in [-0.1, -0.05) is 36.9 Å². The van der Waals surface area contributed by atoms with E-state index < -0.39 is 11.7 Å². The molecule has 23 heavy (non-hydrogen) atoms. The van der Waals surface area contributed by atoms with Gasteiger partial charge in [0.25, 0.3) is 0 Å². The summed E-state index contributed by atoms with van der Waals surface area (Å²) in [7, 11) is 0. The van der Waals surface area contributed by atoms with Gasteiger partial charge in [0, 0.05) is 12.8 Å². The normalized spacial score (nSPS) is 16.5. The van der Waals surface area contributed by atoms with Gasteiger partial charge in [-0.3, -0.25) is 14.5 Å². The van der Waals surface area contributed by atoms with Crippen molar-refractivity contribution in [3.8, 4) is 0 Å². The molecular weight excluding hydrogens is 307 g/mol. The topological polar surface area (TPSA) is 37.4 Å². The van der Waals surface area contributed by atoms with E-state index >= 15 is 0 Å². The Morgan fingerprint density at radius 1 is 1.17 bits per heavy atom. The average molecular weight is 321 g/mol. The van der Waals surface area contributed by atoms with Gasteiger partial charge in [0.1, 0.15) is 0 Å². The van der Waals surface area contributed by atoms with E-state index in [1.165, 1.54) is 12.1 Å². The summed E-state index contributed by atoms with van der Waals surface area (Å²) in [4.78, 5) is 24.5. The van der Waals surface area contributed by atoms with Crippen molar-refractivity contribution in [2.45, 2.75) is 19.0 Å². The van der Waals surface area contributed by atoms with Crippen LogP contribution in [-0.4, -0.2) is 18.0 Å². The molecule has 0 unspecified atom stereocenters. The molecule has 0 bridgehead atoms. The maximum atomic E-state index is 12.8. The Balaban J connectivity index is 2.28. The van der Waals surface area contributed by atoms with Crippen LogP contribution in [0.5, 0.6) is 0 Å². The number of halogens is 3. The predicted octanol–water partition coefficient (Wildman–Crippen LogP) is 4.03. The molecule has 1 aromatic carbocycles. The zero-order valence-corrected chi connectivity index (χ0v) is 12.1. The number of amides is 2. The van der Waals surface area contributed by atoms with Crippen molar-refractivity contribution in [3.05, 3.63) is 60.2 Å². The van der Waals surface area contributed by atoms with Crippen molar-refractivity contribution in [2.75, 3.05) is 4.90 Å². The number of hydrogen-bond donors (Lipinski definition) is 0. The zero-order chi connectivity index (χ0) is 17.0. The first kappa shape index (κ1) is 16.7. The van der Waals surface area contributed by atoms with E-state index in [1.54, 1.807) is 18.2 Å². The largest absolute Gasteiger partial charge is 0.416 e. The number of carbonyl (C=O) groups is 2. The first-order valence-corrected chi connectivity index (χ1v) is 6.87. The predicted molar refractivity (Wildman–Crippen MR) is 81.5 cm³/mol. The molecular formula is C17H14F3NO2. The van der Waals surface area contributed by atoms with E-state index in [0.29, 0.717) is 11.3 Å². The van der Waals surface area contributed by atoms with Gasteiger partial charge >= 0.3 is 6.18 Å². The van der Waals surface area contributed by atoms with Crippen molar-refractivity contribution in [1.82, 2.24) is 0 Å². The second kappa shape index (κ2) is 6.64. The molecule has 1 aromatic rings. The molecule has 0 aromatic heterocycles. The SMILES string of the molecule is C=C/C=C(\C=C\c1cccc(N2C(=O)CCC2=O)c1)C(F)(F)F. The summed E-state index contributed by atoms with van der Waals surface area (Å²) >= 11 is 0. The molecule has 0 saturated carbocycles. The minimum absolute atomic E-state index is 0.152. The van der Waals surface area contributed by atoms with Crippen molar-refractivity contribution in [1.29, 1.82) is 0 Å². The fraction of sp³-hybridized carbons (Fsp3) is 0.176. The van der Waals surface area contributed by atoms with Crippen LogP contribution >= 0.6 is 0 Å². The van der Waals surface area contributed by atoms with Crippen LogP contribution in [0.2, 0.25) is 0 Å². The minimum atomic E-state index is -4.48. The lowest BCUT2D eigenvalue weighted by atomic mass is 10.1. The van der Waals surface area contributed by atoms with E-state index in [1.807, 2.05) is 0 Å². The quantitative estimate of drug-likeness (QED) is 0.620. The highest BCUT2D eigenvalue weighted by Crippen LogP contribution is 2.28. The van der Waals surface area contributed by atoms with Crippen LogP contribution in [0.25, 0.3) is 6.08 Å². The molecule has 0 aliphatic carbocycles. The van der Waals surface area contributed by atoms with Crippen LogP contribution in [-0.2, 0) is 9.59 Å². The van der Waals surface area contributed by atoms with Crippen molar-refractivity contribution < 1.29 is 22.8 Å².